The molecule has 0 radical (unpaired) electrons. The third kappa shape index (κ3) is 2.35. The van der Waals surface area contributed by atoms with Gasteiger partial charge in [0.2, 0.25) is 0 Å². The highest BCUT2D eigenvalue weighted by atomic mass is 14.9. The van der Waals surface area contributed by atoms with Crippen LogP contribution in [0.25, 0.3) is 11.0 Å². The number of nitrogens with one attached hydrogen (secondary N) is 1. The minimum Gasteiger partial charge on any atom is -0.397 e. The Morgan fingerprint density at radius 3 is 2.67 bits per heavy atom. The van der Waals surface area contributed by atoms with E-state index in [2.05, 4.69) is 16.0 Å². The Morgan fingerprint density at radius 1 is 1.17 bits per heavy atom. The van der Waals surface area contributed by atoms with E-state index in [-0.39, 0.29) is 0 Å². The molecule has 3 N–H and O–H groups in total. The van der Waals surface area contributed by atoms with Crippen molar-refractivity contribution in [2.75, 3.05) is 5.73 Å². The van der Waals surface area contributed by atoms with Crippen molar-refractivity contribution in [3.63, 3.8) is 0 Å². The summed E-state index contributed by atoms with van der Waals surface area (Å²) in [7, 11) is 0. The maximum atomic E-state index is 5.95. The lowest BCUT2D eigenvalue weighted by Crippen LogP contribution is -2.04. The van der Waals surface area contributed by atoms with E-state index in [0.29, 0.717) is 0 Å². The predicted octanol–water partition coefficient (Wildman–Crippen LogP) is 3.66. The minimum absolute atomic E-state index is 0.774. The smallest absolute Gasteiger partial charge is 0.111 e. The van der Waals surface area contributed by atoms with Crippen molar-refractivity contribution in [1.29, 1.82) is 0 Å². The summed E-state index contributed by atoms with van der Waals surface area (Å²) in [6.45, 7) is 0. The average molecular weight is 243 g/mol. The Balaban J connectivity index is 1.79. The van der Waals surface area contributed by atoms with E-state index < -0.39 is 0 Å². The molecule has 0 amide bonds. The lowest BCUT2D eigenvalue weighted by Gasteiger charge is -2.11. The maximum Gasteiger partial charge on any atom is 0.111 e. The fourth-order valence-corrected chi connectivity index (χ4v) is 3.04. The summed E-state index contributed by atoms with van der Waals surface area (Å²) in [5, 5.41) is 0. The molecule has 96 valence electrons. The number of hydrogen-bond donors (Lipinski definition) is 2. The van der Waals surface area contributed by atoms with Gasteiger partial charge in [-0.15, -0.1) is 0 Å². The Kier molecular flexibility index (Phi) is 3.22. The Labute approximate surface area is 108 Å². The molecule has 1 aliphatic rings. The first-order valence-electron chi connectivity index (χ1n) is 7.06. The van der Waals surface area contributed by atoms with Crippen LogP contribution >= 0.6 is 0 Å². The molecule has 1 saturated carbocycles. The summed E-state index contributed by atoms with van der Waals surface area (Å²) in [6.07, 6.45) is 9.36. The molecular weight excluding hydrogens is 222 g/mol. The van der Waals surface area contributed by atoms with Crippen molar-refractivity contribution < 1.29 is 0 Å². The molecule has 3 heteroatoms. The molecule has 0 bridgehead atoms. The molecule has 1 heterocycles. The third-order valence-electron chi connectivity index (χ3n) is 4.05. The molecule has 1 aromatic carbocycles. The second-order valence-electron chi connectivity index (χ2n) is 5.49. The van der Waals surface area contributed by atoms with Crippen molar-refractivity contribution in [3.05, 3.63) is 24.0 Å². The quantitative estimate of drug-likeness (QED) is 0.624. The van der Waals surface area contributed by atoms with Crippen molar-refractivity contribution in [2.24, 2.45) is 5.92 Å². The Bertz CT molecular complexity index is 522. The van der Waals surface area contributed by atoms with Crippen LogP contribution in [0, 0.1) is 5.92 Å². The van der Waals surface area contributed by atoms with Gasteiger partial charge in [0.15, 0.2) is 0 Å². The highest BCUT2D eigenvalue weighted by Gasteiger charge is 2.15. The van der Waals surface area contributed by atoms with Gasteiger partial charge in [-0.2, -0.15) is 0 Å². The zero-order valence-corrected chi connectivity index (χ0v) is 10.8. The lowest BCUT2D eigenvalue weighted by atomic mass is 9.96. The topological polar surface area (TPSA) is 54.7 Å². The van der Waals surface area contributed by atoms with Gasteiger partial charge >= 0.3 is 0 Å². The molecule has 0 atom stereocenters. The summed E-state index contributed by atoms with van der Waals surface area (Å²) >= 11 is 0. The van der Waals surface area contributed by atoms with E-state index >= 15 is 0 Å². The van der Waals surface area contributed by atoms with Crippen molar-refractivity contribution in [3.8, 4) is 0 Å². The molecule has 0 saturated heterocycles. The number of para-hydroxylation sites is 1. The Morgan fingerprint density at radius 2 is 1.94 bits per heavy atom. The largest absolute Gasteiger partial charge is 0.397 e. The van der Waals surface area contributed by atoms with Crippen LogP contribution in [-0.4, -0.2) is 9.97 Å². The molecule has 0 spiro atoms. The van der Waals surface area contributed by atoms with Gasteiger partial charge in [0.05, 0.1) is 11.2 Å². The third-order valence-corrected chi connectivity index (χ3v) is 4.05. The summed E-state index contributed by atoms with van der Waals surface area (Å²) in [6, 6.07) is 5.94. The number of H-pyrrole nitrogens is 1. The zero-order chi connectivity index (χ0) is 12.4. The van der Waals surface area contributed by atoms with Crippen LogP contribution in [0.2, 0.25) is 0 Å². The standard InChI is InChI=1S/C15H21N3/c16-12-8-5-9-13-15(12)18-14(17-13)10-11-6-3-1-2-4-7-11/h5,8-9,11H,1-4,6-7,10,16H2,(H,17,18). The molecule has 18 heavy (non-hydrogen) atoms. The molecule has 0 unspecified atom stereocenters. The summed E-state index contributed by atoms with van der Waals surface area (Å²) in [5.41, 5.74) is 8.72. The van der Waals surface area contributed by atoms with E-state index in [4.69, 9.17) is 5.73 Å². The van der Waals surface area contributed by atoms with Gasteiger partial charge in [-0.25, -0.2) is 4.98 Å². The number of imidazole rings is 1. The van der Waals surface area contributed by atoms with E-state index in [1.165, 1.54) is 38.5 Å². The molecule has 2 aromatic rings. The number of nitrogen functional groups attached to an aromatic ring is 1. The molecular formula is C15H21N3. The van der Waals surface area contributed by atoms with Crippen LogP contribution < -0.4 is 5.73 Å². The number of hydrogen-bond acceptors (Lipinski definition) is 2. The van der Waals surface area contributed by atoms with Crippen molar-refractivity contribution in [1.82, 2.24) is 9.97 Å². The molecule has 3 rings (SSSR count). The number of anilines is 1. The highest BCUT2D eigenvalue weighted by molar-refractivity contribution is 5.86. The zero-order valence-electron chi connectivity index (χ0n) is 10.8. The summed E-state index contributed by atoms with van der Waals surface area (Å²) < 4.78 is 0. The van der Waals surface area contributed by atoms with Gasteiger partial charge in [0.25, 0.3) is 0 Å². The van der Waals surface area contributed by atoms with Crippen LogP contribution in [0.1, 0.15) is 44.3 Å². The van der Waals surface area contributed by atoms with Gasteiger partial charge in [-0.1, -0.05) is 44.6 Å². The van der Waals surface area contributed by atoms with Crippen molar-refractivity contribution >= 4 is 16.7 Å². The number of rotatable bonds is 2. The number of fused-ring (bicyclic) bond motifs is 1. The monoisotopic (exact) mass is 243 g/mol. The molecule has 1 aromatic heterocycles. The van der Waals surface area contributed by atoms with Crippen molar-refractivity contribution in [2.45, 2.75) is 44.9 Å². The minimum atomic E-state index is 0.774. The fourth-order valence-electron chi connectivity index (χ4n) is 3.04. The number of aromatic nitrogens is 2. The van der Waals surface area contributed by atoms with E-state index in [9.17, 15) is 0 Å². The molecule has 3 nitrogen and oxygen atoms in total. The SMILES string of the molecule is Nc1cccc2[nH]c(CC3CCCCCC3)nc12. The van der Waals surface area contributed by atoms with Gasteiger partial charge < -0.3 is 10.7 Å². The number of benzene rings is 1. The summed E-state index contributed by atoms with van der Waals surface area (Å²) in [5.74, 6) is 1.91. The second kappa shape index (κ2) is 5.01. The first-order valence-corrected chi connectivity index (χ1v) is 7.06. The van der Waals surface area contributed by atoms with Crippen LogP contribution in [0.4, 0.5) is 5.69 Å². The van der Waals surface area contributed by atoms with Gasteiger partial charge in [0.1, 0.15) is 11.3 Å². The van der Waals surface area contributed by atoms with E-state index in [1.807, 2.05) is 12.1 Å². The van der Waals surface area contributed by atoms with Crippen LogP contribution in [0.15, 0.2) is 18.2 Å². The van der Waals surface area contributed by atoms with Gasteiger partial charge in [-0.05, 0) is 18.1 Å². The average Bonchev–Trinajstić information content (AvgIpc) is 2.60. The van der Waals surface area contributed by atoms with Gasteiger partial charge in [-0.3, -0.25) is 0 Å². The maximum absolute atomic E-state index is 5.95. The molecule has 1 fully saturated rings. The normalized spacial score (nSPS) is 18.0. The Hall–Kier alpha value is -1.51. The van der Waals surface area contributed by atoms with Crippen LogP contribution in [-0.2, 0) is 6.42 Å². The lowest BCUT2D eigenvalue weighted by molar-refractivity contribution is 0.450. The van der Waals surface area contributed by atoms with E-state index in [1.54, 1.807) is 0 Å². The van der Waals surface area contributed by atoms with Crippen LogP contribution in [0.3, 0.4) is 0 Å². The fraction of sp³-hybridized carbons (Fsp3) is 0.533. The first-order chi connectivity index (χ1) is 8.83. The number of nitrogens with two attached hydrogens (primary N) is 1. The second-order valence-corrected chi connectivity index (χ2v) is 5.49. The van der Waals surface area contributed by atoms with Gasteiger partial charge in [0, 0.05) is 6.42 Å². The number of nitrogens with zero attached hydrogens (tertiary/aromatic N) is 1. The number of aromatic amines is 1. The van der Waals surface area contributed by atoms with E-state index in [0.717, 1.165) is 34.9 Å². The first kappa shape index (κ1) is 11.6. The highest BCUT2D eigenvalue weighted by Crippen LogP contribution is 2.26. The predicted molar refractivity (Wildman–Crippen MR) is 75.4 cm³/mol. The van der Waals surface area contributed by atoms with Crippen LogP contribution in [0.5, 0.6) is 0 Å². The molecule has 0 aliphatic heterocycles. The summed E-state index contributed by atoms with van der Waals surface area (Å²) in [4.78, 5) is 8.07. The molecule has 1 aliphatic carbocycles.